The highest BCUT2D eigenvalue weighted by Gasteiger charge is 2.31. The molecule has 0 radical (unpaired) electrons. The van der Waals surface area contributed by atoms with Crippen LogP contribution >= 0.6 is 0 Å². The van der Waals surface area contributed by atoms with Crippen molar-refractivity contribution in [2.24, 2.45) is 11.8 Å². The highest BCUT2D eigenvalue weighted by atomic mass is 16.2. The van der Waals surface area contributed by atoms with E-state index in [1.165, 1.54) is 16.8 Å². The SMILES string of the molecule is Cc1ccc2c(c1)CCCN2C(C(=O)NN)C(C)C. The molecule has 1 aromatic carbocycles. The number of nitrogens with one attached hydrogen (secondary N) is 1. The van der Waals surface area contributed by atoms with Gasteiger partial charge in [-0.2, -0.15) is 0 Å². The number of benzene rings is 1. The maximum Gasteiger partial charge on any atom is 0.256 e. The molecule has 2 rings (SSSR count). The number of amides is 1. The third-order valence-corrected chi connectivity index (χ3v) is 3.77. The number of nitrogens with two attached hydrogens (primary N) is 1. The highest BCUT2D eigenvalue weighted by molar-refractivity contribution is 5.85. The minimum absolute atomic E-state index is 0.108. The van der Waals surface area contributed by atoms with E-state index in [2.05, 4.69) is 49.3 Å². The summed E-state index contributed by atoms with van der Waals surface area (Å²) in [5.74, 6) is 5.45. The first-order valence-corrected chi connectivity index (χ1v) is 6.91. The van der Waals surface area contributed by atoms with Gasteiger partial charge in [0.15, 0.2) is 0 Å². The lowest BCUT2D eigenvalue weighted by atomic mass is 9.94. The smallest absolute Gasteiger partial charge is 0.256 e. The fraction of sp³-hybridized carbons (Fsp3) is 0.533. The zero-order valence-electron chi connectivity index (χ0n) is 11.9. The lowest BCUT2D eigenvalue weighted by Crippen LogP contribution is -2.53. The summed E-state index contributed by atoms with van der Waals surface area (Å²) < 4.78 is 0. The van der Waals surface area contributed by atoms with Crippen LogP contribution in [0.25, 0.3) is 0 Å². The van der Waals surface area contributed by atoms with E-state index in [4.69, 9.17) is 5.84 Å². The Bertz CT molecular complexity index is 470. The molecule has 0 fully saturated rings. The molecule has 0 spiro atoms. The zero-order valence-corrected chi connectivity index (χ0v) is 11.9. The van der Waals surface area contributed by atoms with Gasteiger partial charge in [0.05, 0.1) is 0 Å². The highest BCUT2D eigenvalue weighted by Crippen LogP contribution is 2.31. The van der Waals surface area contributed by atoms with E-state index >= 15 is 0 Å². The second-order valence-electron chi connectivity index (χ2n) is 5.63. The summed E-state index contributed by atoms with van der Waals surface area (Å²) in [5, 5.41) is 0. The lowest BCUT2D eigenvalue weighted by molar-refractivity contribution is -0.123. The minimum Gasteiger partial charge on any atom is -0.359 e. The first kappa shape index (κ1) is 13.9. The van der Waals surface area contributed by atoms with Gasteiger partial charge in [-0.1, -0.05) is 31.5 Å². The van der Waals surface area contributed by atoms with Crippen LogP contribution in [0.5, 0.6) is 0 Å². The van der Waals surface area contributed by atoms with Crippen molar-refractivity contribution in [2.45, 2.75) is 39.7 Å². The van der Waals surface area contributed by atoms with Gasteiger partial charge in [0.25, 0.3) is 5.91 Å². The van der Waals surface area contributed by atoms with Gasteiger partial charge in [0, 0.05) is 12.2 Å². The number of aryl methyl sites for hydroxylation is 2. The lowest BCUT2D eigenvalue weighted by Gasteiger charge is -2.38. The molecule has 0 saturated heterocycles. The van der Waals surface area contributed by atoms with Crippen molar-refractivity contribution in [3.63, 3.8) is 0 Å². The van der Waals surface area contributed by atoms with Crippen LogP contribution in [0.4, 0.5) is 5.69 Å². The number of carbonyl (C=O) groups is 1. The van der Waals surface area contributed by atoms with E-state index in [0.29, 0.717) is 0 Å². The van der Waals surface area contributed by atoms with Crippen molar-refractivity contribution >= 4 is 11.6 Å². The molecule has 0 aromatic heterocycles. The molecular formula is C15H23N3O. The Balaban J connectivity index is 2.38. The minimum atomic E-state index is -0.202. The molecule has 1 unspecified atom stereocenters. The first-order valence-electron chi connectivity index (χ1n) is 6.91. The Morgan fingerprint density at radius 3 is 2.79 bits per heavy atom. The summed E-state index contributed by atoms with van der Waals surface area (Å²) in [6.07, 6.45) is 2.17. The molecular weight excluding hydrogens is 238 g/mol. The van der Waals surface area contributed by atoms with Crippen LogP contribution in [-0.4, -0.2) is 18.5 Å². The van der Waals surface area contributed by atoms with Gasteiger partial charge in [-0.15, -0.1) is 0 Å². The van der Waals surface area contributed by atoms with Crippen LogP contribution in [0.2, 0.25) is 0 Å². The van der Waals surface area contributed by atoms with Crippen molar-refractivity contribution in [1.29, 1.82) is 0 Å². The van der Waals surface area contributed by atoms with Crippen molar-refractivity contribution < 1.29 is 4.79 Å². The molecule has 4 heteroatoms. The van der Waals surface area contributed by atoms with Crippen molar-refractivity contribution in [3.8, 4) is 0 Å². The van der Waals surface area contributed by atoms with Crippen molar-refractivity contribution in [1.82, 2.24) is 5.43 Å². The normalized spacial score (nSPS) is 16.2. The number of anilines is 1. The molecule has 1 aliphatic rings. The Morgan fingerprint density at radius 1 is 1.42 bits per heavy atom. The molecule has 1 amide bonds. The number of carbonyl (C=O) groups excluding carboxylic acids is 1. The monoisotopic (exact) mass is 261 g/mol. The molecule has 1 atom stereocenters. The third-order valence-electron chi connectivity index (χ3n) is 3.77. The summed E-state index contributed by atoms with van der Waals surface area (Å²) in [5.41, 5.74) is 6.09. The fourth-order valence-corrected chi connectivity index (χ4v) is 2.93. The zero-order chi connectivity index (χ0) is 14.0. The molecule has 4 nitrogen and oxygen atoms in total. The molecule has 3 N–H and O–H groups in total. The van der Waals surface area contributed by atoms with E-state index in [1.807, 2.05) is 0 Å². The number of hydrazine groups is 1. The standard InChI is InChI=1S/C15H23N3O/c1-10(2)14(15(19)17-16)18-8-4-5-12-9-11(3)6-7-13(12)18/h6-7,9-10,14H,4-5,8,16H2,1-3H3,(H,17,19). The molecule has 19 heavy (non-hydrogen) atoms. The van der Waals surface area contributed by atoms with Gasteiger partial charge < -0.3 is 4.90 Å². The van der Waals surface area contributed by atoms with Gasteiger partial charge >= 0.3 is 0 Å². The molecule has 0 aliphatic carbocycles. The Morgan fingerprint density at radius 2 is 2.16 bits per heavy atom. The Hall–Kier alpha value is -1.55. The van der Waals surface area contributed by atoms with Crippen LogP contribution in [0.15, 0.2) is 18.2 Å². The molecule has 104 valence electrons. The number of nitrogens with zero attached hydrogens (tertiary/aromatic N) is 1. The predicted octanol–water partition coefficient (Wildman–Crippen LogP) is 1.76. The fourth-order valence-electron chi connectivity index (χ4n) is 2.93. The second-order valence-corrected chi connectivity index (χ2v) is 5.63. The number of hydrogen-bond donors (Lipinski definition) is 2. The topological polar surface area (TPSA) is 58.4 Å². The molecule has 1 aromatic rings. The average molecular weight is 261 g/mol. The average Bonchev–Trinajstić information content (AvgIpc) is 2.38. The maximum absolute atomic E-state index is 12.1. The van der Waals surface area contributed by atoms with Gasteiger partial charge in [-0.05, 0) is 37.3 Å². The van der Waals surface area contributed by atoms with Gasteiger partial charge in [-0.25, -0.2) is 5.84 Å². The van der Waals surface area contributed by atoms with E-state index in [9.17, 15) is 4.79 Å². The molecule has 0 bridgehead atoms. The number of fused-ring (bicyclic) bond motifs is 1. The largest absolute Gasteiger partial charge is 0.359 e. The number of rotatable bonds is 3. The molecule has 1 heterocycles. The van der Waals surface area contributed by atoms with Crippen LogP contribution in [0.1, 0.15) is 31.4 Å². The van der Waals surface area contributed by atoms with E-state index in [0.717, 1.165) is 19.4 Å². The summed E-state index contributed by atoms with van der Waals surface area (Å²) in [6.45, 7) is 7.13. The first-order chi connectivity index (χ1) is 9.04. The van der Waals surface area contributed by atoms with Crippen molar-refractivity contribution in [2.75, 3.05) is 11.4 Å². The van der Waals surface area contributed by atoms with Crippen molar-refractivity contribution in [3.05, 3.63) is 29.3 Å². The Labute approximate surface area is 114 Å². The summed E-state index contributed by atoms with van der Waals surface area (Å²) in [6, 6.07) is 6.25. The van der Waals surface area contributed by atoms with Crippen LogP contribution in [-0.2, 0) is 11.2 Å². The van der Waals surface area contributed by atoms with Crippen LogP contribution in [0.3, 0.4) is 0 Å². The summed E-state index contributed by atoms with van der Waals surface area (Å²) in [7, 11) is 0. The van der Waals surface area contributed by atoms with E-state index in [1.54, 1.807) is 0 Å². The summed E-state index contributed by atoms with van der Waals surface area (Å²) >= 11 is 0. The van der Waals surface area contributed by atoms with Gasteiger partial charge in [0.2, 0.25) is 0 Å². The maximum atomic E-state index is 12.1. The third kappa shape index (κ3) is 2.73. The van der Waals surface area contributed by atoms with Gasteiger partial charge in [0.1, 0.15) is 6.04 Å². The second kappa shape index (κ2) is 5.61. The van der Waals surface area contributed by atoms with Crippen LogP contribution in [0, 0.1) is 12.8 Å². The van der Waals surface area contributed by atoms with Gasteiger partial charge in [-0.3, -0.25) is 10.2 Å². The quantitative estimate of drug-likeness (QED) is 0.495. The molecule has 0 saturated carbocycles. The molecule has 1 aliphatic heterocycles. The Kier molecular flexibility index (Phi) is 4.10. The summed E-state index contributed by atoms with van der Waals surface area (Å²) in [4.78, 5) is 14.3. The number of hydrogen-bond acceptors (Lipinski definition) is 3. The predicted molar refractivity (Wildman–Crippen MR) is 77.8 cm³/mol. The van der Waals surface area contributed by atoms with Crippen LogP contribution < -0.4 is 16.2 Å². The van der Waals surface area contributed by atoms with E-state index in [-0.39, 0.29) is 17.9 Å². The van der Waals surface area contributed by atoms with E-state index < -0.39 is 0 Å².